The Hall–Kier alpha value is -3.80. The Labute approximate surface area is 271 Å². The van der Waals surface area contributed by atoms with E-state index in [0.29, 0.717) is 32.5 Å². The number of hydrogen-bond acceptors (Lipinski definition) is 5. The molecule has 0 unspecified atom stereocenters. The average molecular weight is 611 g/mol. The molecule has 0 bridgehead atoms. The van der Waals surface area contributed by atoms with Crippen LogP contribution in [0.3, 0.4) is 0 Å². The first kappa shape index (κ1) is 34.1. The van der Waals surface area contributed by atoms with E-state index in [9.17, 15) is 5.11 Å². The second-order valence-corrected chi connectivity index (χ2v) is 13.4. The Bertz CT molecular complexity index is 1440. The minimum absolute atomic E-state index is 0.182. The van der Waals surface area contributed by atoms with Crippen LogP contribution >= 0.6 is 0 Å². The van der Waals surface area contributed by atoms with Gasteiger partial charge in [-0.05, 0) is 106 Å². The molecule has 1 N–H and O–H groups in total. The monoisotopic (exact) mass is 610 g/mol. The van der Waals surface area contributed by atoms with Crippen LogP contribution in [0.15, 0.2) is 35.9 Å². The van der Waals surface area contributed by atoms with Gasteiger partial charge in [-0.15, -0.1) is 24.7 Å². The molecule has 5 heteroatoms. The van der Waals surface area contributed by atoms with Gasteiger partial charge in [-0.1, -0.05) is 37.6 Å². The molecule has 2 aliphatic rings. The third-order valence-electron chi connectivity index (χ3n) is 9.36. The number of unbranched alkanes of at least 4 members (excludes halogenated alkanes) is 2. The van der Waals surface area contributed by atoms with E-state index in [1.807, 2.05) is 6.07 Å². The van der Waals surface area contributed by atoms with Crippen molar-refractivity contribution in [2.45, 2.75) is 97.7 Å². The third-order valence-corrected chi connectivity index (χ3v) is 9.36. The third kappa shape index (κ3) is 8.08. The fourth-order valence-corrected chi connectivity index (χ4v) is 6.65. The lowest BCUT2D eigenvalue weighted by atomic mass is 9.57. The van der Waals surface area contributed by atoms with E-state index in [-0.39, 0.29) is 23.0 Å². The van der Waals surface area contributed by atoms with Gasteiger partial charge in [0, 0.05) is 24.3 Å². The first-order valence-corrected chi connectivity index (χ1v) is 16.2. The maximum Gasteiger partial charge on any atom is 0.165 e. The van der Waals surface area contributed by atoms with Gasteiger partial charge in [-0.25, -0.2) is 0 Å². The maximum absolute atomic E-state index is 10.9. The molecule has 1 fully saturated rings. The highest BCUT2D eigenvalue weighted by Crippen LogP contribution is 2.55. The minimum atomic E-state index is -0.351. The summed E-state index contributed by atoms with van der Waals surface area (Å²) in [5.41, 5.74) is 4.71. The van der Waals surface area contributed by atoms with Crippen LogP contribution in [-0.2, 0) is 12.8 Å². The quantitative estimate of drug-likeness (QED) is 0.107. The number of methoxy groups -OCH3 is 1. The second-order valence-electron chi connectivity index (χ2n) is 13.4. The molecule has 1 heterocycles. The highest BCUT2D eigenvalue weighted by atomic mass is 16.5. The summed E-state index contributed by atoms with van der Waals surface area (Å²) in [4.78, 5) is 0. The molecule has 1 aliphatic heterocycles. The van der Waals surface area contributed by atoms with E-state index in [1.165, 1.54) is 5.57 Å². The Morgan fingerprint density at radius 3 is 2.09 bits per heavy atom. The SMILES string of the molecule is C#CCCCOc1cc(/C=C/c2cc3c(c(OC)c2)O[C@]2(C)CC[C@@H](O)C(C)(C)[C@H]2C3)cc(OCCCC#C)c1CC=C(C)C. The molecule has 0 amide bonds. The van der Waals surface area contributed by atoms with Crippen molar-refractivity contribution in [2.24, 2.45) is 11.3 Å². The van der Waals surface area contributed by atoms with Crippen LogP contribution in [0.25, 0.3) is 12.2 Å². The minimum Gasteiger partial charge on any atom is -0.493 e. The van der Waals surface area contributed by atoms with Gasteiger partial charge in [0.1, 0.15) is 17.1 Å². The van der Waals surface area contributed by atoms with Crippen LogP contribution in [0.1, 0.15) is 95.4 Å². The van der Waals surface area contributed by atoms with E-state index in [4.69, 9.17) is 31.8 Å². The number of benzene rings is 2. The van der Waals surface area contributed by atoms with Gasteiger partial charge in [-0.3, -0.25) is 0 Å². The molecule has 240 valence electrons. The van der Waals surface area contributed by atoms with Gasteiger partial charge < -0.3 is 24.1 Å². The standard InChI is InChI=1S/C40H50O5/c1-9-11-13-21-43-33-24-30(25-34(44-22-14-12-10-2)32(33)18-15-28(3)4)17-16-29-23-31-27-36-39(5,6)37(41)19-20-40(36,7)45-38(31)35(26-29)42-8/h1-2,15-17,23-26,36-37,41H,11-14,18-22,27H2,3-8H3/b17-16+/t36-,37-,40-/m1/s1. The van der Waals surface area contributed by atoms with E-state index in [2.05, 4.69) is 82.9 Å². The predicted octanol–water partition coefficient (Wildman–Crippen LogP) is 8.45. The highest BCUT2D eigenvalue weighted by Gasteiger charge is 2.54. The van der Waals surface area contributed by atoms with Crippen molar-refractivity contribution in [3.63, 3.8) is 0 Å². The Morgan fingerprint density at radius 2 is 1.53 bits per heavy atom. The molecule has 5 nitrogen and oxygen atoms in total. The molecule has 0 radical (unpaired) electrons. The molecule has 2 aromatic rings. The van der Waals surface area contributed by atoms with E-state index in [1.54, 1.807) is 7.11 Å². The lowest BCUT2D eigenvalue weighted by Crippen LogP contribution is -2.58. The number of hydrogen-bond donors (Lipinski definition) is 1. The van der Waals surface area contributed by atoms with Gasteiger partial charge in [0.15, 0.2) is 11.5 Å². The molecule has 45 heavy (non-hydrogen) atoms. The van der Waals surface area contributed by atoms with Crippen molar-refractivity contribution >= 4 is 12.2 Å². The average Bonchev–Trinajstić information content (AvgIpc) is 3.01. The molecule has 0 spiro atoms. The van der Waals surface area contributed by atoms with E-state index >= 15 is 0 Å². The first-order chi connectivity index (χ1) is 21.5. The number of allylic oxidation sites excluding steroid dienone is 2. The molecule has 1 aliphatic carbocycles. The molecule has 3 atom stereocenters. The molecule has 4 rings (SSSR count). The van der Waals surface area contributed by atoms with Gasteiger partial charge >= 0.3 is 0 Å². The molecular weight excluding hydrogens is 560 g/mol. The fraction of sp³-hybridized carbons (Fsp3) is 0.500. The summed E-state index contributed by atoms with van der Waals surface area (Å²) in [6, 6.07) is 8.36. The zero-order chi connectivity index (χ0) is 32.6. The van der Waals surface area contributed by atoms with Crippen molar-refractivity contribution in [1.29, 1.82) is 0 Å². The summed E-state index contributed by atoms with van der Waals surface area (Å²) in [5, 5.41) is 10.9. The zero-order valence-corrected chi connectivity index (χ0v) is 28.0. The first-order valence-electron chi connectivity index (χ1n) is 16.2. The number of rotatable bonds is 13. The van der Waals surface area contributed by atoms with Crippen LogP contribution in [0.5, 0.6) is 23.0 Å². The summed E-state index contributed by atoms with van der Waals surface area (Å²) >= 11 is 0. The lowest BCUT2D eigenvalue weighted by molar-refractivity contribution is -0.138. The maximum atomic E-state index is 10.9. The van der Waals surface area contributed by atoms with E-state index < -0.39 is 0 Å². The van der Waals surface area contributed by atoms with Crippen molar-refractivity contribution in [2.75, 3.05) is 20.3 Å². The largest absolute Gasteiger partial charge is 0.493 e. The Kier molecular flexibility index (Phi) is 11.4. The van der Waals surface area contributed by atoms with Gasteiger partial charge in [-0.2, -0.15) is 0 Å². The number of ether oxygens (including phenoxy) is 4. The predicted molar refractivity (Wildman–Crippen MR) is 184 cm³/mol. The van der Waals surface area contributed by atoms with Crippen LogP contribution in [0, 0.1) is 36.0 Å². The fourth-order valence-electron chi connectivity index (χ4n) is 6.65. The van der Waals surface area contributed by atoms with Gasteiger partial charge in [0.2, 0.25) is 0 Å². The number of fused-ring (bicyclic) bond motifs is 2. The van der Waals surface area contributed by atoms with Gasteiger partial charge in [0.25, 0.3) is 0 Å². The normalized spacial score (nSPS) is 21.4. The molecule has 0 aromatic heterocycles. The van der Waals surface area contributed by atoms with E-state index in [0.717, 1.165) is 77.4 Å². The van der Waals surface area contributed by atoms with Gasteiger partial charge in [0.05, 0.1) is 26.4 Å². The summed E-state index contributed by atoms with van der Waals surface area (Å²) in [6.07, 6.45) is 22.9. The summed E-state index contributed by atoms with van der Waals surface area (Å²) in [6.45, 7) is 11.7. The number of aliphatic hydroxyl groups is 1. The lowest BCUT2D eigenvalue weighted by Gasteiger charge is -2.55. The van der Waals surface area contributed by atoms with Crippen molar-refractivity contribution in [3.8, 4) is 47.7 Å². The van der Waals surface area contributed by atoms with Crippen LogP contribution < -0.4 is 18.9 Å². The summed E-state index contributed by atoms with van der Waals surface area (Å²) in [5.74, 6) is 8.70. The number of aliphatic hydroxyl groups excluding tert-OH is 1. The van der Waals surface area contributed by atoms with Crippen molar-refractivity contribution < 1.29 is 24.1 Å². The molecule has 2 aromatic carbocycles. The Morgan fingerprint density at radius 1 is 0.956 bits per heavy atom. The van der Waals surface area contributed by atoms with Crippen LogP contribution in [-0.4, -0.2) is 37.1 Å². The van der Waals surface area contributed by atoms with Crippen molar-refractivity contribution in [1.82, 2.24) is 0 Å². The topological polar surface area (TPSA) is 57.2 Å². The molecule has 0 saturated heterocycles. The number of terminal acetylenes is 2. The van der Waals surface area contributed by atoms with Crippen LogP contribution in [0.4, 0.5) is 0 Å². The molecule has 1 saturated carbocycles. The van der Waals surface area contributed by atoms with Crippen LogP contribution in [0.2, 0.25) is 0 Å². The smallest absolute Gasteiger partial charge is 0.165 e. The Balaban J connectivity index is 1.70. The molecular formula is C40H50O5. The summed E-state index contributed by atoms with van der Waals surface area (Å²) < 4.78 is 25.2. The highest BCUT2D eigenvalue weighted by molar-refractivity contribution is 5.74. The summed E-state index contributed by atoms with van der Waals surface area (Å²) in [7, 11) is 1.69. The zero-order valence-electron chi connectivity index (χ0n) is 28.0. The second kappa shape index (κ2) is 15.0. The van der Waals surface area contributed by atoms with Crippen molar-refractivity contribution in [3.05, 3.63) is 58.2 Å².